The number of alkyl carbamates (subject to hydrolysis) is 1. The second-order valence-corrected chi connectivity index (χ2v) is 6.40. The lowest BCUT2D eigenvalue weighted by molar-refractivity contribution is -0.0100. The van der Waals surface area contributed by atoms with Gasteiger partial charge in [-0.05, 0) is 41.0 Å². The number of amides is 1. The Kier molecular flexibility index (Phi) is 5.62. The molecule has 0 aromatic rings. The molecule has 0 saturated carbocycles. The molecule has 1 fully saturated rings. The normalized spacial score (nSPS) is 25.4. The van der Waals surface area contributed by atoms with Crippen LogP contribution < -0.4 is 5.32 Å². The van der Waals surface area contributed by atoms with E-state index in [0.717, 1.165) is 19.5 Å². The Balaban J connectivity index is 2.52. The third-order valence-corrected chi connectivity index (χ3v) is 3.33. The maximum Gasteiger partial charge on any atom is 0.407 e. The van der Waals surface area contributed by atoms with Gasteiger partial charge >= 0.3 is 6.09 Å². The summed E-state index contributed by atoms with van der Waals surface area (Å²) in [5, 5.41) is 2.92. The molecule has 1 rings (SSSR count). The molecule has 5 heteroatoms. The van der Waals surface area contributed by atoms with Crippen molar-refractivity contribution in [2.75, 3.05) is 20.2 Å². The van der Waals surface area contributed by atoms with Crippen LogP contribution in [0.5, 0.6) is 0 Å². The number of rotatable bonds is 3. The second-order valence-electron chi connectivity index (χ2n) is 6.40. The zero-order chi connectivity index (χ0) is 14.6. The minimum atomic E-state index is -0.467. The number of likely N-dealkylation sites (tertiary alicyclic amines) is 1. The van der Waals surface area contributed by atoms with Gasteiger partial charge in [-0.3, -0.25) is 4.90 Å². The molecule has 1 saturated heterocycles. The first-order valence-corrected chi connectivity index (χ1v) is 6.99. The summed E-state index contributed by atoms with van der Waals surface area (Å²) in [6.07, 6.45) is 0.539. The minimum absolute atomic E-state index is 0.0173. The maximum absolute atomic E-state index is 11.8. The van der Waals surface area contributed by atoms with Crippen LogP contribution in [-0.2, 0) is 9.47 Å². The first kappa shape index (κ1) is 16.2. The number of carbonyl (C=O) groups is 1. The molecule has 0 aliphatic carbocycles. The maximum atomic E-state index is 11.8. The van der Waals surface area contributed by atoms with E-state index in [1.54, 1.807) is 7.11 Å². The molecule has 0 aromatic heterocycles. The molecule has 1 aliphatic heterocycles. The third kappa shape index (κ3) is 5.37. The average Bonchev–Trinajstić information content (AvgIpc) is 2.26. The highest BCUT2D eigenvalue weighted by Crippen LogP contribution is 2.17. The molecule has 1 amide bonds. The number of nitrogens with zero attached hydrogens (tertiary/aromatic N) is 1. The molecule has 1 heterocycles. The topological polar surface area (TPSA) is 50.8 Å². The summed E-state index contributed by atoms with van der Waals surface area (Å²) in [4.78, 5) is 14.2. The molecule has 0 aromatic carbocycles. The van der Waals surface area contributed by atoms with E-state index < -0.39 is 5.60 Å². The highest BCUT2D eigenvalue weighted by molar-refractivity contribution is 5.68. The fourth-order valence-corrected chi connectivity index (χ4v) is 2.27. The van der Waals surface area contributed by atoms with Crippen LogP contribution in [0.3, 0.4) is 0 Å². The van der Waals surface area contributed by atoms with Gasteiger partial charge in [0.2, 0.25) is 0 Å². The van der Waals surface area contributed by atoms with Crippen molar-refractivity contribution in [3.05, 3.63) is 0 Å². The van der Waals surface area contributed by atoms with Crippen molar-refractivity contribution in [2.24, 2.45) is 0 Å². The van der Waals surface area contributed by atoms with Crippen LogP contribution in [-0.4, -0.2) is 55.0 Å². The fraction of sp³-hybridized carbons (Fsp3) is 0.929. The number of ether oxygens (including phenoxy) is 2. The van der Waals surface area contributed by atoms with Gasteiger partial charge in [-0.25, -0.2) is 4.79 Å². The van der Waals surface area contributed by atoms with Crippen molar-refractivity contribution in [3.63, 3.8) is 0 Å². The van der Waals surface area contributed by atoms with Gasteiger partial charge in [0.05, 0.1) is 12.1 Å². The van der Waals surface area contributed by atoms with E-state index >= 15 is 0 Å². The SMILES string of the molecule is COC1CN(C(C)C)CCC1NC(=O)OC(C)(C)C. The number of methoxy groups -OCH3 is 1. The average molecular weight is 272 g/mol. The van der Waals surface area contributed by atoms with E-state index in [1.165, 1.54) is 0 Å². The predicted molar refractivity (Wildman–Crippen MR) is 75.3 cm³/mol. The number of hydrogen-bond acceptors (Lipinski definition) is 4. The summed E-state index contributed by atoms with van der Waals surface area (Å²) >= 11 is 0. The van der Waals surface area contributed by atoms with E-state index in [9.17, 15) is 4.79 Å². The van der Waals surface area contributed by atoms with Crippen LogP contribution >= 0.6 is 0 Å². The summed E-state index contributed by atoms with van der Waals surface area (Å²) in [5.41, 5.74) is -0.467. The Morgan fingerprint density at radius 1 is 1.37 bits per heavy atom. The molecule has 1 aliphatic rings. The largest absolute Gasteiger partial charge is 0.444 e. The van der Waals surface area contributed by atoms with Gasteiger partial charge in [0, 0.05) is 26.2 Å². The van der Waals surface area contributed by atoms with Crippen molar-refractivity contribution in [3.8, 4) is 0 Å². The number of piperidine rings is 1. The first-order chi connectivity index (χ1) is 8.73. The van der Waals surface area contributed by atoms with Gasteiger partial charge in [0.15, 0.2) is 0 Å². The highest BCUT2D eigenvalue weighted by atomic mass is 16.6. The summed E-state index contributed by atoms with van der Waals surface area (Å²) in [6.45, 7) is 11.8. The van der Waals surface area contributed by atoms with Crippen molar-refractivity contribution in [2.45, 2.75) is 64.8 Å². The Morgan fingerprint density at radius 2 is 2.00 bits per heavy atom. The van der Waals surface area contributed by atoms with Crippen LogP contribution in [0.25, 0.3) is 0 Å². The van der Waals surface area contributed by atoms with E-state index in [1.807, 2.05) is 20.8 Å². The van der Waals surface area contributed by atoms with Gasteiger partial charge in [-0.15, -0.1) is 0 Å². The standard InChI is InChI=1S/C14H28N2O3/c1-10(2)16-8-7-11(12(9-16)18-6)15-13(17)19-14(3,4)5/h10-12H,7-9H2,1-6H3,(H,15,17). The molecule has 0 spiro atoms. The quantitative estimate of drug-likeness (QED) is 0.854. The molecule has 2 unspecified atom stereocenters. The van der Waals surface area contributed by atoms with Crippen LogP contribution in [0.4, 0.5) is 4.79 Å². The van der Waals surface area contributed by atoms with E-state index in [0.29, 0.717) is 6.04 Å². The Bertz CT molecular complexity index is 300. The van der Waals surface area contributed by atoms with Crippen molar-refractivity contribution >= 4 is 6.09 Å². The van der Waals surface area contributed by atoms with E-state index in [-0.39, 0.29) is 18.2 Å². The van der Waals surface area contributed by atoms with Crippen molar-refractivity contribution < 1.29 is 14.3 Å². The zero-order valence-electron chi connectivity index (χ0n) is 13.0. The van der Waals surface area contributed by atoms with Crippen LogP contribution in [0, 0.1) is 0 Å². The molecule has 1 N–H and O–H groups in total. The van der Waals surface area contributed by atoms with Crippen molar-refractivity contribution in [1.82, 2.24) is 10.2 Å². The van der Waals surface area contributed by atoms with Gasteiger partial charge in [-0.2, -0.15) is 0 Å². The molecule has 2 atom stereocenters. The lowest BCUT2D eigenvalue weighted by atomic mass is 10.0. The van der Waals surface area contributed by atoms with E-state index in [2.05, 4.69) is 24.1 Å². The fourth-order valence-electron chi connectivity index (χ4n) is 2.27. The number of hydrogen-bond donors (Lipinski definition) is 1. The number of nitrogens with one attached hydrogen (secondary N) is 1. The van der Waals surface area contributed by atoms with Gasteiger partial charge in [-0.1, -0.05) is 0 Å². The zero-order valence-corrected chi connectivity index (χ0v) is 13.0. The second kappa shape index (κ2) is 6.57. The van der Waals surface area contributed by atoms with Gasteiger partial charge in [0.25, 0.3) is 0 Å². The molecule has 0 radical (unpaired) electrons. The minimum Gasteiger partial charge on any atom is -0.444 e. The monoisotopic (exact) mass is 272 g/mol. The van der Waals surface area contributed by atoms with Crippen LogP contribution in [0.2, 0.25) is 0 Å². The van der Waals surface area contributed by atoms with Crippen LogP contribution in [0.1, 0.15) is 41.0 Å². The smallest absolute Gasteiger partial charge is 0.407 e. The lowest BCUT2D eigenvalue weighted by Gasteiger charge is -2.40. The number of carbonyl (C=O) groups excluding carboxylic acids is 1. The molecule has 112 valence electrons. The Hall–Kier alpha value is -0.810. The predicted octanol–water partition coefficient (Wildman–Crippen LogP) is 2.01. The molecule has 5 nitrogen and oxygen atoms in total. The third-order valence-electron chi connectivity index (χ3n) is 3.33. The highest BCUT2D eigenvalue weighted by Gasteiger charge is 2.32. The molecular weight excluding hydrogens is 244 g/mol. The summed E-state index contributed by atoms with van der Waals surface area (Å²) < 4.78 is 10.8. The Morgan fingerprint density at radius 3 is 2.47 bits per heavy atom. The van der Waals surface area contributed by atoms with Crippen molar-refractivity contribution in [1.29, 1.82) is 0 Å². The molecule has 19 heavy (non-hydrogen) atoms. The van der Waals surface area contributed by atoms with E-state index in [4.69, 9.17) is 9.47 Å². The summed E-state index contributed by atoms with van der Waals surface area (Å²) in [5.74, 6) is 0. The Labute approximate surface area is 116 Å². The van der Waals surface area contributed by atoms with Crippen LogP contribution in [0.15, 0.2) is 0 Å². The van der Waals surface area contributed by atoms with Gasteiger partial charge in [0.1, 0.15) is 5.60 Å². The summed E-state index contributed by atoms with van der Waals surface area (Å²) in [6, 6.07) is 0.523. The molecule has 0 bridgehead atoms. The van der Waals surface area contributed by atoms with Gasteiger partial charge < -0.3 is 14.8 Å². The lowest BCUT2D eigenvalue weighted by Crippen LogP contribution is -2.56. The summed E-state index contributed by atoms with van der Waals surface area (Å²) in [7, 11) is 1.69. The first-order valence-electron chi connectivity index (χ1n) is 6.99. The molecular formula is C14H28N2O3.